The maximum Gasteiger partial charge on any atom is 0.232 e. The molecule has 1 amide bonds. The summed E-state index contributed by atoms with van der Waals surface area (Å²) in [6, 6.07) is 13.8. The van der Waals surface area contributed by atoms with E-state index in [9.17, 15) is 4.79 Å². The second-order valence-corrected chi connectivity index (χ2v) is 8.13. The van der Waals surface area contributed by atoms with Crippen molar-refractivity contribution >= 4 is 39.7 Å². The second-order valence-electron chi connectivity index (χ2n) is 7.75. The highest BCUT2D eigenvalue weighted by Gasteiger charge is 2.36. The predicted molar refractivity (Wildman–Crippen MR) is 117 cm³/mol. The van der Waals surface area contributed by atoms with Crippen LogP contribution in [0, 0.1) is 5.92 Å². The molecule has 1 aromatic heterocycles. The maximum absolute atomic E-state index is 13.0. The average molecular weight is 408 g/mol. The van der Waals surface area contributed by atoms with Gasteiger partial charge < -0.3 is 15.0 Å². The average Bonchev–Trinajstić information content (AvgIpc) is 3.05. The molecule has 29 heavy (non-hydrogen) atoms. The minimum absolute atomic E-state index is 0.00181. The van der Waals surface area contributed by atoms with Gasteiger partial charge in [0, 0.05) is 29.2 Å². The topological polar surface area (TPSA) is 57.4 Å². The van der Waals surface area contributed by atoms with Gasteiger partial charge >= 0.3 is 0 Å². The Hall–Kier alpha value is -2.76. The first-order valence-corrected chi connectivity index (χ1v) is 10.1. The third kappa shape index (κ3) is 3.02. The Balaban J connectivity index is 1.49. The van der Waals surface area contributed by atoms with Gasteiger partial charge in [-0.3, -0.25) is 9.69 Å². The first kappa shape index (κ1) is 18.3. The van der Waals surface area contributed by atoms with Crippen molar-refractivity contribution in [2.24, 2.45) is 5.92 Å². The van der Waals surface area contributed by atoms with Crippen LogP contribution in [0.4, 0.5) is 5.69 Å². The van der Waals surface area contributed by atoms with Gasteiger partial charge in [0.2, 0.25) is 5.91 Å². The predicted octanol–water partition coefficient (Wildman–Crippen LogP) is 4.34. The zero-order chi connectivity index (χ0) is 20.1. The van der Waals surface area contributed by atoms with E-state index in [4.69, 9.17) is 16.3 Å². The van der Waals surface area contributed by atoms with Crippen molar-refractivity contribution in [3.8, 4) is 5.75 Å². The normalized spacial score (nSPS) is 20.9. The number of aromatic amines is 1. The summed E-state index contributed by atoms with van der Waals surface area (Å²) in [7, 11) is 3.71. The van der Waals surface area contributed by atoms with E-state index in [-0.39, 0.29) is 17.9 Å². The third-order valence-electron chi connectivity index (χ3n) is 6.03. The summed E-state index contributed by atoms with van der Waals surface area (Å²) >= 11 is 6.48. The quantitative estimate of drug-likeness (QED) is 0.679. The molecule has 0 fully saturated rings. The molecule has 5 nitrogen and oxygen atoms in total. The molecule has 2 heterocycles. The molecule has 1 aliphatic carbocycles. The third-order valence-corrected chi connectivity index (χ3v) is 6.36. The van der Waals surface area contributed by atoms with Gasteiger partial charge in [0.25, 0.3) is 0 Å². The van der Waals surface area contributed by atoms with Crippen LogP contribution in [0.1, 0.15) is 11.1 Å². The van der Waals surface area contributed by atoms with E-state index in [0.29, 0.717) is 6.54 Å². The van der Waals surface area contributed by atoms with Gasteiger partial charge in [0.15, 0.2) is 0 Å². The minimum atomic E-state index is -0.223. The van der Waals surface area contributed by atoms with Crippen molar-refractivity contribution in [2.45, 2.75) is 12.5 Å². The number of nitrogens with one attached hydrogen (secondary N) is 2. The molecular formula is C23H22ClN3O2. The van der Waals surface area contributed by atoms with E-state index in [1.807, 2.05) is 30.3 Å². The number of benzene rings is 2. The number of hydrogen-bond donors (Lipinski definition) is 2. The summed E-state index contributed by atoms with van der Waals surface area (Å²) in [4.78, 5) is 18.5. The summed E-state index contributed by atoms with van der Waals surface area (Å²) in [5, 5.41) is 4.94. The Bertz CT molecular complexity index is 1130. The van der Waals surface area contributed by atoms with Crippen molar-refractivity contribution in [1.29, 1.82) is 0 Å². The summed E-state index contributed by atoms with van der Waals surface area (Å²) < 4.78 is 5.18. The van der Waals surface area contributed by atoms with Crippen LogP contribution >= 0.6 is 11.6 Å². The number of carbonyl (C=O) groups excluding carboxylic acids is 1. The van der Waals surface area contributed by atoms with E-state index < -0.39 is 0 Å². The number of aromatic nitrogens is 1. The minimum Gasteiger partial charge on any atom is -0.497 e. The molecule has 2 aliphatic rings. The number of rotatable bonds is 3. The van der Waals surface area contributed by atoms with Crippen molar-refractivity contribution < 1.29 is 9.53 Å². The zero-order valence-corrected chi connectivity index (χ0v) is 17.1. The van der Waals surface area contributed by atoms with Crippen LogP contribution in [0.15, 0.2) is 48.5 Å². The molecule has 2 N–H and O–H groups in total. The number of amides is 1. The van der Waals surface area contributed by atoms with Gasteiger partial charge in [-0.05, 0) is 60.5 Å². The number of halogens is 1. The summed E-state index contributed by atoms with van der Waals surface area (Å²) in [5.41, 5.74) is 5.37. The number of methoxy groups -OCH3 is 1. The van der Waals surface area contributed by atoms with Gasteiger partial charge in [-0.25, -0.2) is 0 Å². The molecular weight excluding hydrogens is 386 g/mol. The lowest BCUT2D eigenvalue weighted by Crippen LogP contribution is -2.45. The van der Waals surface area contributed by atoms with E-state index in [1.165, 1.54) is 22.1 Å². The number of likely N-dealkylation sites (N-methyl/N-ethyl adjacent to an activating group) is 1. The largest absolute Gasteiger partial charge is 0.497 e. The number of H-pyrrole nitrogens is 1. The smallest absolute Gasteiger partial charge is 0.232 e. The number of carbonyl (C=O) groups is 1. The molecule has 0 unspecified atom stereocenters. The molecule has 2 aromatic carbocycles. The Morgan fingerprint density at radius 2 is 2.03 bits per heavy atom. The van der Waals surface area contributed by atoms with Gasteiger partial charge in [-0.2, -0.15) is 0 Å². The molecule has 3 aromatic rings. The fourth-order valence-electron chi connectivity index (χ4n) is 4.57. The maximum atomic E-state index is 13.0. The monoisotopic (exact) mass is 407 g/mol. The van der Waals surface area contributed by atoms with Crippen molar-refractivity contribution in [1.82, 2.24) is 9.88 Å². The molecule has 0 radical (unpaired) electrons. The van der Waals surface area contributed by atoms with Gasteiger partial charge in [-0.15, -0.1) is 0 Å². The molecule has 2 atom stereocenters. The number of ether oxygens (including phenoxy) is 1. The lowest BCUT2D eigenvalue weighted by Gasteiger charge is -2.39. The molecule has 0 spiro atoms. The SMILES string of the molecule is COc1ccc(NC(=O)[C@@H]2C=C3c4cccc5[nH]c(Cl)c(c45)C[C@H]3N(C)C2)cc1. The Labute approximate surface area is 174 Å². The lowest BCUT2D eigenvalue weighted by atomic mass is 9.79. The van der Waals surface area contributed by atoms with E-state index in [0.717, 1.165) is 28.5 Å². The lowest BCUT2D eigenvalue weighted by molar-refractivity contribution is -0.119. The van der Waals surface area contributed by atoms with Crippen LogP contribution in [0.5, 0.6) is 5.75 Å². The van der Waals surface area contributed by atoms with Gasteiger partial charge in [0.1, 0.15) is 10.9 Å². The first-order valence-electron chi connectivity index (χ1n) is 9.71. The summed E-state index contributed by atoms with van der Waals surface area (Å²) in [6.45, 7) is 0.670. The second kappa shape index (κ2) is 6.94. The molecule has 0 bridgehead atoms. The molecule has 1 aliphatic heterocycles. The summed E-state index contributed by atoms with van der Waals surface area (Å²) in [5.74, 6) is 0.541. The number of anilines is 1. The molecule has 148 valence electrons. The Morgan fingerprint density at radius 3 is 2.79 bits per heavy atom. The molecule has 6 heteroatoms. The van der Waals surface area contributed by atoms with Crippen LogP contribution in [0.25, 0.3) is 16.5 Å². The van der Waals surface area contributed by atoms with E-state index >= 15 is 0 Å². The molecule has 0 saturated heterocycles. The van der Waals surface area contributed by atoms with Crippen LogP contribution in [0.3, 0.4) is 0 Å². The number of fused-ring (bicyclic) bond motifs is 2. The van der Waals surface area contributed by atoms with Crippen molar-refractivity contribution in [3.05, 3.63) is 64.8 Å². The standard InChI is InChI=1S/C23H22ClN3O2/c1-27-12-13(23(28)25-14-6-8-15(29-2)9-7-14)10-17-16-4-3-5-19-21(16)18(11-20(17)27)22(24)26-19/h3-10,13,20,26H,11-12H2,1-2H3,(H,25,28)/t13-,20-/m1/s1. The van der Waals surface area contributed by atoms with Crippen LogP contribution in [-0.2, 0) is 11.2 Å². The van der Waals surface area contributed by atoms with Gasteiger partial charge in [0.05, 0.1) is 13.0 Å². The van der Waals surface area contributed by atoms with Crippen LogP contribution < -0.4 is 10.1 Å². The fraction of sp³-hybridized carbons (Fsp3) is 0.261. The van der Waals surface area contributed by atoms with Crippen LogP contribution in [0.2, 0.25) is 5.15 Å². The van der Waals surface area contributed by atoms with Gasteiger partial charge in [-0.1, -0.05) is 29.8 Å². The first-order chi connectivity index (χ1) is 14.0. The highest BCUT2D eigenvalue weighted by atomic mass is 35.5. The van der Waals surface area contributed by atoms with Crippen molar-refractivity contribution in [3.63, 3.8) is 0 Å². The number of hydrogen-bond acceptors (Lipinski definition) is 3. The highest BCUT2D eigenvalue weighted by molar-refractivity contribution is 6.32. The summed E-state index contributed by atoms with van der Waals surface area (Å²) in [6.07, 6.45) is 2.99. The Kier molecular flexibility index (Phi) is 4.37. The number of nitrogens with zero attached hydrogens (tertiary/aromatic N) is 1. The molecule has 0 saturated carbocycles. The molecule has 5 rings (SSSR count). The van der Waals surface area contributed by atoms with Crippen molar-refractivity contribution in [2.75, 3.05) is 26.0 Å². The fourth-order valence-corrected chi connectivity index (χ4v) is 4.84. The van der Waals surface area contributed by atoms with E-state index in [2.05, 4.69) is 40.5 Å². The van der Waals surface area contributed by atoms with Crippen LogP contribution in [-0.4, -0.2) is 42.5 Å². The zero-order valence-electron chi connectivity index (χ0n) is 16.3. The Morgan fingerprint density at radius 1 is 1.24 bits per heavy atom. The van der Waals surface area contributed by atoms with E-state index in [1.54, 1.807) is 7.11 Å². The highest BCUT2D eigenvalue weighted by Crippen LogP contribution is 2.43.